The van der Waals surface area contributed by atoms with Gasteiger partial charge >= 0.3 is 6.18 Å². The first kappa shape index (κ1) is 17.0. The number of nitrogens with one attached hydrogen (secondary N) is 2. The number of piperidine rings is 1. The number of hydrogen-bond acceptors (Lipinski definition) is 4. The van der Waals surface area contributed by atoms with Gasteiger partial charge < -0.3 is 10.1 Å². The monoisotopic (exact) mass is 338 g/mol. The van der Waals surface area contributed by atoms with Gasteiger partial charge in [-0.1, -0.05) is 0 Å². The largest absolute Gasteiger partial charge is 0.497 e. The van der Waals surface area contributed by atoms with E-state index in [1.165, 1.54) is 13.2 Å². The molecule has 9 heteroatoms. The van der Waals surface area contributed by atoms with Crippen LogP contribution in [-0.2, 0) is 16.2 Å². The van der Waals surface area contributed by atoms with Gasteiger partial charge in [0.15, 0.2) is 0 Å². The number of hydrogen-bond donors (Lipinski definition) is 2. The van der Waals surface area contributed by atoms with Crippen molar-refractivity contribution in [3.05, 3.63) is 23.8 Å². The molecule has 0 amide bonds. The highest BCUT2D eigenvalue weighted by molar-refractivity contribution is 7.89. The molecule has 1 aromatic carbocycles. The lowest BCUT2D eigenvalue weighted by Gasteiger charge is -2.24. The zero-order valence-corrected chi connectivity index (χ0v) is 12.7. The Labute approximate surface area is 126 Å². The van der Waals surface area contributed by atoms with Crippen LogP contribution in [0.5, 0.6) is 5.75 Å². The summed E-state index contributed by atoms with van der Waals surface area (Å²) in [6, 6.07) is 2.45. The Balaban J connectivity index is 2.37. The molecule has 0 bridgehead atoms. The minimum atomic E-state index is -4.78. The molecule has 1 fully saturated rings. The first-order valence-corrected chi connectivity index (χ1v) is 8.20. The summed E-state index contributed by atoms with van der Waals surface area (Å²) < 4.78 is 71.0. The third kappa shape index (κ3) is 3.90. The predicted molar refractivity (Wildman–Crippen MR) is 74.2 cm³/mol. The minimum absolute atomic E-state index is 0.0480. The van der Waals surface area contributed by atoms with Crippen molar-refractivity contribution in [2.75, 3.05) is 20.2 Å². The fourth-order valence-electron chi connectivity index (χ4n) is 2.31. The van der Waals surface area contributed by atoms with Gasteiger partial charge in [0.1, 0.15) is 5.75 Å². The maximum absolute atomic E-state index is 13.1. The number of benzene rings is 1. The van der Waals surface area contributed by atoms with Crippen LogP contribution in [-0.4, -0.2) is 34.7 Å². The van der Waals surface area contributed by atoms with E-state index in [4.69, 9.17) is 4.74 Å². The number of sulfonamides is 1. The molecule has 5 nitrogen and oxygen atoms in total. The van der Waals surface area contributed by atoms with E-state index < -0.39 is 26.7 Å². The van der Waals surface area contributed by atoms with Crippen LogP contribution >= 0.6 is 0 Å². The topological polar surface area (TPSA) is 67.4 Å². The Morgan fingerprint density at radius 3 is 2.45 bits per heavy atom. The second kappa shape index (κ2) is 6.43. The van der Waals surface area contributed by atoms with Crippen molar-refractivity contribution < 1.29 is 26.3 Å². The number of halogens is 3. The van der Waals surface area contributed by atoms with E-state index in [1.807, 2.05) is 0 Å². The van der Waals surface area contributed by atoms with Crippen LogP contribution in [0.1, 0.15) is 18.4 Å². The molecule has 124 valence electrons. The number of methoxy groups -OCH3 is 1. The SMILES string of the molecule is COc1ccc(S(=O)(=O)NC2CCNCC2)c(C(F)(F)F)c1. The smallest absolute Gasteiger partial charge is 0.417 e. The number of alkyl halides is 3. The summed E-state index contributed by atoms with van der Waals surface area (Å²) in [4.78, 5) is -0.778. The second-order valence-corrected chi connectivity index (χ2v) is 6.69. The van der Waals surface area contributed by atoms with E-state index in [1.54, 1.807) is 0 Å². The molecule has 1 aromatic rings. The van der Waals surface area contributed by atoms with Gasteiger partial charge in [0.2, 0.25) is 10.0 Å². The van der Waals surface area contributed by atoms with Crippen LogP contribution in [0.3, 0.4) is 0 Å². The number of ether oxygens (including phenoxy) is 1. The maximum Gasteiger partial charge on any atom is 0.417 e. The summed E-state index contributed by atoms with van der Waals surface area (Å²) in [5.41, 5.74) is -1.23. The van der Waals surface area contributed by atoms with Crippen LogP contribution in [0.4, 0.5) is 13.2 Å². The van der Waals surface area contributed by atoms with E-state index in [-0.39, 0.29) is 11.8 Å². The fraction of sp³-hybridized carbons (Fsp3) is 0.538. The van der Waals surface area contributed by atoms with Gasteiger partial charge in [0.05, 0.1) is 17.6 Å². The van der Waals surface area contributed by atoms with E-state index in [2.05, 4.69) is 10.0 Å². The minimum Gasteiger partial charge on any atom is -0.497 e. The van der Waals surface area contributed by atoms with Gasteiger partial charge in [-0.3, -0.25) is 0 Å². The van der Waals surface area contributed by atoms with Gasteiger partial charge in [0, 0.05) is 6.04 Å². The summed E-state index contributed by atoms with van der Waals surface area (Å²) in [7, 11) is -3.03. The maximum atomic E-state index is 13.1. The van der Waals surface area contributed by atoms with Crippen LogP contribution in [0.25, 0.3) is 0 Å². The average Bonchev–Trinajstić information content (AvgIpc) is 2.46. The standard InChI is InChI=1S/C13H17F3N2O3S/c1-21-10-2-3-12(11(8-10)13(14,15)16)22(19,20)18-9-4-6-17-7-5-9/h2-3,8-9,17-18H,4-7H2,1H3. The zero-order chi connectivity index (χ0) is 16.4. The third-order valence-corrected chi connectivity index (χ3v) is 5.02. The highest BCUT2D eigenvalue weighted by atomic mass is 32.2. The van der Waals surface area contributed by atoms with Gasteiger partial charge in [-0.15, -0.1) is 0 Å². The quantitative estimate of drug-likeness (QED) is 0.878. The van der Waals surface area contributed by atoms with Gasteiger partial charge in [-0.25, -0.2) is 13.1 Å². The normalized spacial score (nSPS) is 17.5. The molecule has 1 heterocycles. The molecule has 0 unspecified atom stereocenters. The lowest BCUT2D eigenvalue weighted by Crippen LogP contribution is -2.43. The molecular formula is C13H17F3N2O3S. The highest BCUT2D eigenvalue weighted by Crippen LogP contribution is 2.36. The van der Waals surface area contributed by atoms with Crippen molar-refractivity contribution in [1.29, 1.82) is 0 Å². The Kier molecular flexibility index (Phi) is 4.98. The fourth-order valence-corrected chi connectivity index (χ4v) is 3.83. The van der Waals surface area contributed by atoms with Crippen molar-refractivity contribution in [3.63, 3.8) is 0 Å². The van der Waals surface area contributed by atoms with Gasteiger partial charge in [-0.2, -0.15) is 13.2 Å². The van der Waals surface area contributed by atoms with Crippen molar-refractivity contribution in [3.8, 4) is 5.75 Å². The summed E-state index contributed by atoms with van der Waals surface area (Å²) >= 11 is 0. The second-order valence-electron chi connectivity index (χ2n) is 5.01. The van der Waals surface area contributed by atoms with E-state index in [0.717, 1.165) is 6.07 Å². The summed E-state index contributed by atoms with van der Waals surface area (Å²) in [6.45, 7) is 1.25. The molecule has 0 aliphatic carbocycles. The molecule has 2 N–H and O–H groups in total. The predicted octanol–water partition coefficient (Wildman–Crippen LogP) is 1.74. The average molecular weight is 338 g/mol. The Hall–Kier alpha value is -1.32. The molecule has 0 aromatic heterocycles. The van der Waals surface area contributed by atoms with Crippen molar-refractivity contribution in [2.45, 2.75) is 30.0 Å². The molecular weight excluding hydrogens is 321 g/mol. The molecule has 0 saturated carbocycles. The highest BCUT2D eigenvalue weighted by Gasteiger charge is 2.38. The molecule has 22 heavy (non-hydrogen) atoms. The van der Waals surface area contributed by atoms with Crippen LogP contribution < -0.4 is 14.8 Å². The van der Waals surface area contributed by atoms with Crippen molar-refractivity contribution >= 4 is 10.0 Å². The first-order valence-electron chi connectivity index (χ1n) is 6.72. The Morgan fingerprint density at radius 1 is 1.27 bits per heavy atom. The molecule has 1 aliphatic rings. The lowest BCUT2D eigenvalue weighted by molar-refractivity contribution is -0.140. The first-order chi connectivity index (χ1) is 10.2. The molecule has 2 rings (SSSR count). The van der Waals surface area contributed by atoms with E-state index >= 15 is 0 Å². The van der Waals surface area contributed by atoms with Crippen molar-refractivity contribution in [2.24, 2.45) is 0 Å². The van der Waals surface area contributed by atoms with E-state index in [9.17, 15) is 21.6 Å². The zero-order valence-electron chi connectivity index (χ0n) is 11.9. The van der Waals surface area contributed by atoms with Crippen molar-refractivity contribution in [1.82, 2.24) is 10.0 Å². The summed E-state index contributed by atoms with van der Waals surface area (Å²) in [6.07, 6.45) is -3.71. The summed E-state index contributed by atoms with van der Waals surface area (Å²) in [5, 5.41) is 3.06. The van der Waals surface area contributed by atoms with Gasteiger partial charge in [0.25, 0.3) is 0 Å². The van der Waals surface area contributed by atoms with Crippen LogP contribution in [0, 0.1) is 0 Å². The van der Waals surface area contributed by atoms with Gasteiger partial charge in [-0.05, 0) is 44.1 Å². The summed E-state index contributed by atoms with van der Waals surface area (Å²) in [5.74, 6) is -0.0480. The van der Waals surface area contributed by atoms with Crippen LogP contribution in [0.2, 0.25) is 0 Å². The number of rotatable bonds is 4. The van der Waals surface area contributed by atoms with Crippen LogP contribution in [0.15, 0.2) is 23.1 Å². The Bertz CT molecular complexity index is 626. The molecule has 1 aliphatic heterocycles. The molecule has 0 atom stereocenters. The molecule has 0 radical (unpaired) electrons. The molecule has 1 saturated heterocycles. The molecule has 0 spiro atoms. The third-order valence-electron chi connectivity index (χ3n) is 3.44. The van der Waals surface area contributed by atoms with E-state index in [0.29, 0.717) is 32.0 Å². The Morgan fingerprint density at radius 2 is 1.91 bits per heavy atom. The lowest BCUT2D eigenvalue weighted by atomic mass is 10.1.